The molecule has 0 bridgehead atoms. The van der Waals surface area contributed by atoms with Gasteiger partial charge in [-0.1, -0.05) is 0 Å². The molecule has 7 heteroatoms. The van der Waals surface area contributed by atoms with Crippen molar-refractivity contribution in [3.63, 3.8) is 0 Å². The van der Waals surface area contributed by atoms with E-state index < -0.39 is 7.60 Å². The molecule has 0 unspecified atom stereocenters. The van der Waals surface area contributed by atoms with Gasteiger partial charge in [-0.2, -0.15) is 0 Å². The van der Waals surface area contributed by atoms with Crippen LogP contribution in [0, 0.1) is 5.92 Å². The third-order valence-electron chi connectivity index (χ3n) is 3.21. The van der Waals surface area contributed by atoms with Crippen molar-refractivity contribution in [2.45, 2.75) is 26.7 Å². The standard InChI is InChI=1S/C12H24NO5P/c1-3-17-19(16,18-4-2)10-12(15)13-7-5-11(9-14)6-8-13/h11,14H,3-10H2,1-2H3. The van der Waals surface area contributed by atoms with Crippen molar-refractivity contribution in [3.05, 3.63) is 0 Å². The number of carbonyl (C=O) groups is 1. The van der Waals surface area contributed by atoms with Gasteiger partial charge in [-0.25, -0.2) is 0 Å². The first-order chi connectivity index (χ1) is 9.04. The molecular formula is C12H24NO5P. The van der Waals surface area contributed by atoms with Crippen LogP contribution in [0.15, 0.2) is 0 Å². The monoisotopic (exact) mass is 293 g/mol. The molecule has 1 N–H and O–H groups in total. The molecule has 1 fully saturated rings. The first kappa shape index (κ1) is 16.6. The molecule has 0 radical (unpaired) electrons. The highest BCUT2D eigenvalue weighted by Crippen LogP contribution is 2.48. The average molecular weight is 293 g/mol. The van der Waals surface area contributed by atoms with Crippen LogP contribution in [0.1, 0.15) is 26.7 Å². The maximum absolute atomic E-state index is 12.3. The number of rotatable bonds is 7. The van der Waals surface area contributed by atoms with Gasteiger partial charge in [-0.05, 0) is 32.6 Å². The van der Waals surface area contributed by atoms with Gasteiger partial charge in [0.1, 0.15) is 6.16 Å². The molecule has 0 saturated carbocycles. The zero-order valence-electron chi connectivity index (χ0n) is 11.7. The fraction of sp³-hybridized carbons (Fsp3) is 0.917. The quantitative estimate of drug-likeness (QED) is 0.720. The van der Waals surface area contributed by atoms with Crippen LogP contribution < -0.4 is 0 Å². The summed E-state index contributed by atoms with van der Waals surface area (Å²) in [6.07, 6.45) is 1.38. The van der Waals surface area contributed by atoms with E-state index in [4.69, 9.17) is 14.2 Å². The minimum atomic E-state index is -3.30. The van der Waals surface area contributed by atoms with Gasteiger partial charge < -0.3 is 19.1 Å². The largest absolute Gasteiger partial charge is 0.396 e. The second-order valence-corrected chi connectivity index (χ2v) is 6.67. The molecular weight excluding hydrogens is 269 g/mol. The van der Waals surface area contributed by atoms with Crippen molar-refractivity contribution in [2.24, 2.45) is 5.92 Å². The van der Waals surface area contributed by atoms with Crippen LogP contribution in [0.2, 0.25) is 0 Å². The lowest BCUT2D eigenvalue weighted by Gasteiger charge is -2.31. The van der Waals surface area contributed by atoms with Gasteiger partial charge in [0.25, 0.3) is 0 Å². The normalized spacial score (nSPS) is 17.7. The maximum Gasteiger partial charge on any atom is 0.340 e. The van der Waals surface area contributed by atoms with Crippen molar-refractivity contribution >= 4 is 13.5 Å². The number of hydrogen-bond donors (Lipinski definition) is 1. The summed E-state index contributed by atoms with van der Waals surface area (Å²) < 4.78 is 22.5. The Morgan fingerprint density at radius 1 is 1.26 bits per heavy atom. The third kappa shape index (κ3) is 5.22. The van der Waals surface area contributed by atoms with E-state index in [-0.39, 0.29) is 37.8 Å². The van der Waals surface area contributed by atoms with E-state index in [2.05, 4.69) is 0 Å². The van der Waals surface area contributed by atoms with E-state index in [1.165, 1.54) is 0 Å². The molecule has 19 heavy (non-hydrogen) atoms. The van der Waals surface area contributed by atoms with E-state index in [1.54, 1.807) is 18.7 Å². The zero-order valence-corrected chi connectivity index (χ0v) is 12.6. The van der Waals surface area contributed by atoms with Gasteiger partial charge in [-0.3, -0.25) is 9.36 Å². The Morgan fingerprint density at radius 3 is 2.21 bits per heavy atom. The van der Waals surface area contributed by atoms with E-state index >= 15 is 0 Å². The van der Waals surface area contributed by atoms with E-state index in [9.17, 15) is 9.36 Å². The Hall–Kier alpha value is -0.420. The van der Waals surface area contributed by atoms with Gasteiger partial charge in [0.05, 0.1) is 13.2 Å². The molecule has 0 aliphatic carbocycles. The molecule has 6 nitrogen and oxygen atoms in total. The Kier molecular flexibility index (Phi) is 7.00. The van der Waals surface area contributed by atoms with E-state index in [0.29, 0.717) is 13.1 Å². The molecule has 0 aromatic heterocycles. The Balaban J connectivity index is 2.51. The summed E-state index contributed by atoms with van der Waals surface area (Å²) in [6, 6.07) is 0. The number of aliphatic hydroxyl groups is 1. The first-order valence-corrected chi connectivity index (χ1v) is 8.54. The first-order valence-electron chi connectivity index (χ1n) is 6.81. The fourth-order valence-electron chi connectivity index (χ4n) is 2.15. The summed E-state index contributed by atoms with van der Waals surface area (Å²) in [4.78, 5) is 13.8. The summed E-state index contributed by atoms with van der Waals surface area (Å²) in [5.41, 5.74) is 0. The summed E-state index contributed by atoms with van der Waals surface area (Å²) in [6.45, 7) is 5.34. The summed E-state index contributed by atoms with van der Waals surface area (Å²) in [7, 11) is -3.30. The Bertz CT molecular complexity index is 318. The number of amides is 1. The molecule has 1 saturated heterocycles. The van der Waals surface area contributed by atoms with Gasteiger partial charge in [0.15, 0.2) is 0 Å². The van der Waals surface area contributed by atoms with Crippen LogP contribution in [-0.4, -0.2) is 55.0 Å². The highest BCUT2D eigenvalue weighted by molar-refractivity contribution is 7.54. The summed E-state index contributed by atoms with van der Waals surface area (Å²) >= 11 is 0. The highest BCUT2D eigenvalue weighted by Gasteiger charge is 2.31. The summed E-state index contributed by atoms with van der Waals surface area (Å²) in [5.74, 6) is 0.0799. The minimum absolute atomic E-state index is 0.165. The minimum Gasteiger partial charge on any atom is -0.396 e. The Morgan fingerprint density at radius 2 is 1.79 bits per heavy atom. The Labute approximate surface area is 114 Å². The van der Waals surface area contributed by atoms with Gasteiger partial charge in [0, 0.05) is 19.7 Å². The number of piperidine rings is 1. The maximum atomic E-state index is 12.3. The van der Waals surface area contributed by atoms with Crippen molar-refractivity contribution in [1.29, 1.82) is 0 Å². The number of nitrogens with zero attached hydrogens (tertiary/aromatic N) is 1. The van der Waals surface area contributed by atoms with Crippen molar-refractivity contribution in [1.82, 2.24) is 4.90 Å². The van der Waals surface area contributed by atoms with Crippen LogP contribution in [0.25, 0.3) is 0 Å². The molecule has 0 aromatic carbocycles. The second-order valence-electron chi connectivity index (χ2n) is 4.61. The van der Waals surface area contributed by atoms with E-state index in [1.807, 2.05) is 0 Å². The molecule has 1 aliphatic rings. The molecule has 0 atom stereocenters. The van der Waals surface area contributed by atoms with Crippen LogP contribution in [-0.2, 0) is 18.4 Å². The zero-order chi connectivity index (χ0) is 14.3. The third-order valence-corrected chi connectivity index (χ3v) is 5.17. The van der Waals surface area contributed by atoms with Crippen LogP contribution >= 0.6 is 7.60 Å². The predicted molar refractivity (Wildman–Crippen MR) is 72.1 cm³/mol. The van der Waals surface area contributed by atoms with Gasteiger partial charge >= 0.3 is 7.60 Å². The van der Waals surface area contributed by atoms with Crippen LogP contribution in [0.4, 0.5) is 0 Å². The lowest BCUT2D eigenvalue weighted by molar-refractivity contribution is -0.130. The molecule has 1 aliphatic heterocycles. The highest BCUT2D eigenvalue weighted by atomic mass is 31.2. The second kappa shape index (κ2) is 8.00. The number of carbonyl (C=O) groups excluding carboxylic acids is 1. The van der Waals surface area contributed by atoms with Crippen molar-refractivity contribution < 1.29 is 23.5 Å². The predicted octanol–water partition coefficient (Wildman–Crippen LogP) is 1.48. The fourth-order valence-corrected chi connectivity index (χ4v) is 3.73. The van der Waals surface area contributed by atoms with Crippen LogP contribution in [0.5, 0.6) is 0 Å². The average Bonchev–Trinajstić information content (AvgIpc) is 2.39. The smallest absolute Gasteiger partial charge is 0.340 e. The number of likely N-dealkylation sites (tertiary alicyclic amines) is 1. The molecule has 112 valence electrons. The lowest BCUT2D eigenvalue weighted by atomic mass is 9.98. The van der Waals surface area contributed by atoms with Crippen molar-refractivity contribution in [2.75, 3.05) is 39.1 Å². The SMILES string of the molecule is CCOP(=O)(CC(=O)N1CCC(CO)CC1)OCC. The topological polar surface area (TPSA) is 76.1 Å². The van der Waals surface area contributed by atoms with E-state index in [0.717, 1.165) is 12.8 Å². The summed E-state index contributed by atoms with van der Waals surface area (Å²) in [5, 5.41) is 9.05. The van der Waals surface area contributed by atoms with Gasteiger partial charge in [-0.15, -0.1) is 0 Å². The molecule has 1 heterocycles. The molecule has 0 aromatic rings. The number of hydrogen-bond acceptors (Lipinski definition) is 5. The van der Waals surface area contributed by atoms with Crippen LogP contribution in [0.3, 0.4) is 0 Å². The molecule has 1 amide bonds. The lowest BCUT2D eigenvalue weighted by Crippen LogP contribution is -2.40. The molecule has 0 spiro atoms. The number of aliphatic hydroxyl groups excluding tert-OH is 1. The molecule has 1 rings (SSSR count). The van der Waals surface area contributed by atoms with Crippen molar-refractivity contribution in [3.8, 4) is 0 Å². The van der Waals surface area contributed by atoms with Gasteiger partial charge in [0.2, 0.25) is 5.91 Å².